The fourth-order valence-corrected chi connectivity index (χ4v) is 6.11. The van der Waals surface area contributed by atoms with Crippen LogP contribution in [0.1, 0.15) is 11.1 Å². The maximum atomic E-state index is 13.1. The Kier molecular flexibility index (Phi) is 4.81. The van der Waals surface area contributed by atoms with E-state index in [4.69, 9.17) is 0 Å². The van der Waals surface area contributed by atoms with Gasteiger partial charge in [0, 0.05) is 38.9 Å². The van der Waals surface area contributed by atoms with Gasteiger partial charge in [-0.15, -0.1) is 0 Å². The van der Waals surface area contributed by atoms with Crippen LogP contribution in [0, 0.1) is 13.8 Å². The van der Waals surface area contributed by atoms with Gasteiger partial charge in [-0.2, -0.15) is 4.31 Å². The number of nitrogens with zero attached hydrogens (tertiary/aromatic N) is 3. The van der Waals surface area contributed by atoms with E-state index in [1.807, 2.05) is 6.07 Å². The fourth-order valence-electron chi connectivity index (χ4n) is 3.67. The summed E-state index contributed by atoms with van der Waals surface area (Å²) in [6.07, 6.45) is 0. The van der Waals surface area contributed by atoms with Crippen molar-refractivity contribution in [1.82, 2.24) is 8.87 Å². The molecule has 0 aliphatic carbocycles. The summed E-state index contributed by atoms with van der Waals surface area (Å²) in [5.41, 5.74) is 4.41. The summed E-state index contributed by atoms with van der Waals surface area (Å²) in [6, 6.07) is 11.2. The van der Waals surface area contributed by atoms with Gasteiger partial charge in [0.05, 0.1) is 15.1 Å². The fraction of sp³-hybridized carbons (Fsp3) is 0.350. The van der Waals surface area contributed by atoms with E-state index in [-0.39, 0.29) is 9.77 Å². The number of aryl methyl sites for hydroxylation is 2. The molecule has 28 heavy (non-hydrogen) atoms. The molecule has 0 N–H and O–H groups in total. The normalized spacial score (nSPS) is 16.0. The second kappa shape index (κ2) is 7.02. The molecule has 2 aromatic carbocycles. The van der Waals surface area contributed by atoms with E-state index >= 15 is 0 Å². The Morgan fingerprint density at radius 1 is 1.00 bits per heavy atom. The topological polar surface area (TPSA) is 62.6 Å². The van der Waals surface area contributed by atoms with Gasteiger partial charge in [-0.3, -0.25) is 4.79 Å². The minimum atomic E-state index is -3.58. The summed E-state index contributed by atoms with van der Waals surface area (Å²) < 4.78 is 30.0. The van der Waals surface area contributed by atoms with Crippen molar-refractivity contribution in [3.8, 4) is 0 Å². The van der Waals surface area contributed by atoms with Crippen molar-refractivity contribution in [3.05, 3.63) is 57.2 Å². The first-order valence-electron chi connectivity index (χ1n) is 9.20. The van der Waals surface area contributed by atoms with Crippen molar-refractivity contribution < 1.29 is 8.42 Å². The molecule has 1 saturated heterocycles. The number of benzene rings is 2. The molecule has 1 aliphatic heterocycles. The lowest BCUT2D eigenvalue weighted by Crippen LogP contribution is -2.48. The minimum Gasteiger partial charge on any atom is -0.369 e. The van der Waals surface area contributed by atoms with Crippen LogP contribution in [0.4, 0.5) is 5.69 Å². The van der Waals surface area contributed by atoms with Crippen LogP contribution in [0.5, 0.6) is 0 Å². The van der Waals surface area contributed by atoms with Gasteiger partial charge in [0.2, 0.25) is 10.0 Å². The van der Waals surface area contributed by atoms with E-state index in [1.54, 1.807) is 34.1 Å². The van der Waals surface area contributed by atoms with Crippen LogP contribution in [0.15, 0.2) is 46.1 Å². The maximum Gasteiger partial charge on any atom is 0.307 e. The summed E-state index contributed by atoms with van der Waals surface area (Å²) in [5, 5.41) is 0. The Labute approximate surface area is 168 Å². The first-order chi connectivity index (χ1) is 13.3. The van der Waals surface area contributed by atoms with Crippen LogP contribution in [0.25, 0.3) is 10.2 Å². The second-order valence-electron chi connectivity index (χ2n) is 7.17. The van der Waals surface area contributed by atoms with E-state index in [9.17, 15) is 13.2 Å². The molecule has 2 heterocycles. The van der Waals surface area contributed by atoms with E-state index in [2.05, 4.69) is 30.9 Å². The summed E-state index contributed by atoms with van der Waals surface area (Å²) in [7, 11) is -1.88. The number of anilines is 1. The third-order valence-corrected chi connectivity index (χ3v) is 8.45. The predicted molar refractivity (Wildman–Crippen MR) is 114 cm³/mol. The highest BCUT2D eigenvalue weighted by Gasteiger charge is 2.29. The van der Waals surface area contributed by atoms with Crippen molar-refractivity contribution in [2.75, 3.05) is 31.1 Å². The molecule has 0 saturated carbocycles. The molecule has 1 aliphatic rings. The molecule has 3 aromatic rings. The average Bonchev–Trinajstić information content (AvgIpc) is 2.97. The number of sulfonamides is 1. The minimum absolute atomic E-state index is 0.0910. The summed E-state index contributed by atoms with van der Waals surface area (Å²) in [6.45, 7) is 6.40. The van der Waals surface area contributed by atoms with Crippen LogP contribution in [-0.4, -0.2) is 43.5 Å². The Hall–Kier alpha value is -2.16. The van der Waals surface area contributed by atoms with Crippen LogP contribution in [-0.2, 0) is 17.1 Å². The summed E-state index contributed by atoms with van der Waals surface area (Å²) >= 11 is 1.07. The Morgan fingerprint density at radius 3 is 2.43 bits per heavy atom. The van der Waals surface area contributed by atoms with Crippen molar-refractivity contribution in [3.63, 3.8) is 0 Å². The van der Waals surface area contributed by atoms with Gasteiger partial charge in [-0.25, -0.2) is 8.42 Å². The zero-order valence-corrected chi connectivity index (χ0v) is 17.8. The first kappa shape index (κ1) is 19.2. The first-order valence-corrected chi connectivity index (χ1v) is 11.5. The number of piperazine rings is 1. The number of aromatic nitrogens is 1. The Morgan fingerprint density at radius 2 is 1.71 bits per heavy atom. The van der Waals surface area contributed by atoms with Crippen LogP contribution < -0.4 is 9.77 Å². The van der Waals surface area contributed by atoms with Crippen molar-refractivity contribution in [2.24, 2.45) is 7.05 Å². The van der Waals surface area contributed by atoms with Crippen molar-refractivity contribution in [2.45, 2.75) is 18.7 Å². The number of thiazole rings is 1. The summed E-state index contributed by atoms with van der Waals surface area (Å²) in [5.74, 6) is 0. The van der Waals surface area contributed by atoms with Gasteiger partial charge >= 0.3 is 4.87 Å². The van der Waals surface area contributed by atoms with Crippen LogP contribution in [0.2, 0.25) is 0 Å². The molecule has 148 valence electrons. The molecule has 0 amide bonds. The monoisotopic (exact) mass is 417 g/mol. The molecule has 0 radical (unpaired) electrons. The molecule has 0 spiro atoms. The zero-order valence-electron chi connectivity index (χ0n) is 16.2. The largest absolute Gasteiger partial charge is 0.369 e. The molecule has 4 rings (SSSR count). The lowest BCUT2D eigenvalue weighted by molar-refractivity contribution is 0.385. The standard InChI is InChI=1S/C20H23N3O3S2/c1-14-5-4-6-17(15(14)2)22-9-11-23(12-10-22)28(25,26)16-7-8-18-19(13-16)27-20(24)21(18)3/h4-8,13H,9-12H2,1-3H3. The highest BCUT2D eigenvalue weighted by atomic mass is 32.2. The van der Waals surface area contributed by atoms with Gasteiger partial charge in [0.25, 0.3) is 0 Å². The smallest absolute Gasteiger partial charge is 0.307 e. The Balaban J connectivity index is 1.57. The van der Waals surface area contributed by atoms with Gasteiger partial charge in [-0.05, 0) is 49.2 Å². The molecular formula is C20H23N3O3S2. The lowest BCUT2D eigenvalue weighted by Gasteiger charge is -2.36. The van der Waals surface area contributed by atoms with E-state index in [0.29, 0.717) is 30.9 Å². The molecular weight excluding hydrogens is 394 g/mol. The van der Waals surface area contributed by atoms with Crippen molar-refractivity contribution in [1.29, 1.82) is 0 Å². The number of rotatable bonds is 3. The van der Waals surface area contributed by atoms with Crippen molar-refractivity contribution >= 4 is 37.3 Å². The zero-order chi connectivity index (χ0) is 20.1. The molecule has 6 nitrogen and oxygen atoms in total. The van der Waals surface area contributed by atoms with E-state index in [1.165, 1.54) is 16.8 Å². The van der Waals surface area contributed by atoms with E-state index in [0.717, 1.165) is 16.9 Å². The molecule has 0 atom stereocenters. The number of fused-ring (bicyclic) bond motifs is 1. The van der Waals surface area contributed by atoms with Crippen LogP contribution >= 0.6 is 11.3 Å². The quantitative estimate of drug-likeness (QED) is 0.657. The van der Waals surface area contributed by atoms with Gasteiger partial charge < -0.3 is 9.47 Å². The highest BCUT2D eigenvalue weighted by Crippen LogP contribution is 2.27. The number of hydrogen-bond donors (Lipinski definition) is 0. The molecule has 0 unspecified atom stereocenters. The van der Waals surface area contributed by atoms with Gasteiger partial charge in [0.1, 0.15) is 0 Å². The molecule has 1 fully saturated rings. The molecule has 0 bridgehead atoms. The maximum absolute atomic E-state index is 13.1. The second-order valence-corrected chi connectivity index (χ2v) is 10.1. The highest BCUT2D eigenvalue weighted by molar-refractivity contribution is 7.89. The van der Waals surface area contributed by atoms with Gasteiger partial charge in [0.15, 0.2) is 0 Å². The number of hydrogen-bond acceptors (Lipinski definition) is 5. The van der Waals surface area contributed by atoms with Crippen LogP contribution in [0.3, 0.4) is 0 Å². The molecule has 1 aromatic heterocycles. The summed E-state index contributed by atoms with van der Waals surface area (Å²) in [4.78, 5) is 14.3. The third-order valence-electron chi connectivity index (χ3n) is 5.56. The predicted octanol–water partition coefficient (Wildman–Crippen LogP) is 2.73. The third kappa shape index (κ3) is 3.15. The van der Waals surface area contributed by atoms with Gasteiger partial charge in [-0.1, -0.05) is 23.5 Å². The lowest BCUT2D eigenvalue weighted by atomic mass is 10.1. The molecule has 8 heteroatoms. The van der Waals surface area contributed by atoms with E-state index < -0.39 is 10.0 Å². The Bertz CT molecular complexity index is 1200. The SMILES string of the molecule is Cc1cccc(N2CCN(S(=O)(=O)c3ccc4c(c3)sc(=O)n4C)CC2)c1C. The average molecular weight is 418 g/mol.